The van der Waals surface area contributed by atoms with Crippen molar-refractivity contribution in [3.05, 3.63) is 29.7 Å². The number of rotatable bonds is 2. The molecule has 0 aliphatic carbocycles. The minimum atomic E-state index is -0.476. The van der Waals surface area contributed by atoms with Gasteiger partial charge in [-0.1, -0.05) is 11.6 Å². The number of hydrogen-bond acceptors (Lipinski definition) is 5. The Hall–Kier alpha value is -2.08. The number of aromatic nitrogens is 2. The highest BCUT2D eigenvalue weighted by molar-refractivity contribution is 6.34. The Morgan fingerprint density at radius 2 is 1.89 bits per heavy atom. The predicted molar refractivity (Wildman–Crippen MR) is 103 cm³/mol. The molecule has 1 aromatic heterocycles. The molecule has 3 heterocycles. The van der Waals surface area contributed by atoms with Gasteiger partial charge in [0.15, 0.2) is 0 Å². The highest BCUT2D eigenvalue weighted by atomic mass is 35.5. The van der Waals surface area contributed by atoms with Gasteiger partial charge in [-0.15, -0.1) is 0 Å². The van der Waals surface area contributed by atoms with E-state index in [4.69, 9.17) is 21.1 Å². The summed E-state index contributed by atoms with van der Waals surface area (Å²) < 4.78 is 11.8. The zero-order valence-corrected chi connectivity index (χ0v) is 16.6. The first kappa shape index (κ1) is 18.3. The van der Waals surface area contributed by atoms with Crippen LogP contribution in [0.5, 0.6) is 5.75 Å². The number of amides is 1. The maximum absolute atomic E-state index is 12.6. The number of fused-ring (bicyclic) bond motifs is 3. The van der Waals surface area contributed by atoms with E-state index in [-0.39, 0.29) is 24.3 Å². The highest BCUT2D eigenvalue weighted by Gasteiger charge is 2.45. The van der Waals surface area contributed by atoms with E-state index in [0.717, 1.165) is 42.3 Å². The van der Waals surface area contributed by atoms with Crippen LogP contribution in [0.1, 0.15) is 46.5 Å². The van der Waals surface area contributed by atoms with E-state index in [0.29, 0.717) is 5.15 Å². The first-order chi connectivity index (χ1) is 12.8. The van der Waals surface area contributed by atoms with Gasteiger partial charge in [0, 0.05) is 30.3 Å². The van der Waals surface area contributed by atoms with Gasteiger partial charge in [0.25, 0.3) is 0 Å². The average Bonchev–Trinajstić information content (AvgIpc) is 2.86. The van der Waals surface area contributed by atoms with Crippen LogP contribution in [0.2, 0.25) is 5.15 Å². The molecule has 7 heteroatoms. The lowest BCUT2D eigenvalue weighted by Crippen LogP contribution is -2.50. The van der Waals surface area contributed by atoms with E-state index >= 15 is 0 Å². The van der Waals surface area contributed by atoms with E-state index in [1.54, 1.807) is 0 Å². The Kier molecular flexibility index (Phi) is 4.62. The van der Waals surface area contributed by atoms with Crippen LogP contribution in [0.4, 0.5) is 4.79 Å². The molecule has 2 saturated heterocycles. The number of halogens is 1. The van der Waals surface area contributed by atoms with Crippen LogP contribution in [0, 0.1) is 0 Å². The number of piperidine rings is 1. The summed E-state index contributed by atoms with van der Waals surface area (Å²) in [7, 11) is 0. The molecule has 0 spiro atoms. The summed E-state index contributed by atoms with van der Waals surface area (Å²) in [5.41, 5.74) is 0.318. The molecule has 2 aliphatic rings. The molecular formula is C20H24ClN3O3. The molecule has 2 unspecified atom stereocenters. The maximum Gasteiger partial charge on any atom is 0.410 e. The average molecular weight is 390 g/mol. The lowest BCUT2D eigenvalue weighted by molar-refractivity contribution is -0.00705. The van der Waals surface area contributed by atoms with Crippen molar-refractivity contribution in [1.29, 1.82) is 0 Å². The summed E-state index contributed by atoms with van der Waals surface area (Å²) >= 11 is 6.17. The van der Waals surface area contributed by atoms with Gasteiger partial charge in [0.1, 0.15) is 28.9 Å². The second-order valence-electron chi connectivity index (χ2n) is 8.33. The van der Waals surface area contributed by atoms with Crippen molar-refractivity contribution in [2.45, 2.75) is 70.2 Å². The van der Waals surface area contributed by atoms with E-state index in [1.807, 2.05) is 43.9 Å². The molecule has 1 aromatic carbocycles. The monoisotopic (exact) mass is 389 g/mol. The minimum Gasteiger partial charge on any atom is -0.490 e. The predicted octanol–water partition coefficient (Wildman–Crippen LogP) is 4.59. The Balaban J connectivity index is 1.46. The van der Waals surface area contributed by atoms with Gasteiger partial charge < -0.3 is 14.4 Å². The Labute approximate surface area is 163 Å². The Morgan fingerprint density at radius 1 is 1.19 bits per heavy atom. The Bertz CT molecular complexity index is 853. The zero-order chi connectivity index (χ0) is 19.2. The van der Waals surface area contributed by atoms with Crippen LogP contribution in [0.15, 0.2) is 24.5 Å². The topological polar surface area (TPSA) is 64.5 Å². The first-order valence-electron chi connectivity index (χ1n) is 9.38. The van der Waals surface area contributed by atoms with Gasteiger partial charge in [0.05, 0.1) is 5.52 Å². The van der Waals surface area contributed by atoms with Crippen molar-refractivity contribution >= 4 is 28.6 Å². The normalized spacial score (nSPS) is 24.9. The minimum absolute atomic E-state index is 0.0713. The fraction of sp³-hybridized carbons (Fsp3) is 0.550. The molecule has 2 aliphatic heterocycles. The van der Waals surface area contributed by atoms with E-state index in [9.17, 15) is 4.79 Å². The third-order valence-corrected chi connectivity index (χ3v) is 5.46. The summed E-state index contributed by atoms with van der Waals surface area (Å²) in [4.78, 5) is 22.7. The van der Waals surface area contributed by atoms with E-state index in [2.05, 4.69) is 9.97 Å². The summed E-state index contributed by atoms with van der Waals surface area (Å²) in [5.74, 6) is 0.759. The van der Waals surface area contributed by atoms with Crippen LogP contribution in [0.25, 0.3) is 10.9 Å². The molecule has 144 valence electrons. The van der Waals surface area contributed by atoms with Gasteiger partial charge in [-0.25, -0.2) is 14.8 Å². The number of benzene rings is 1. The molecule has 0 radical (unpaired) electrons. The van der Waals surface area contributed by atoms with Crippen molar-refractivity contribution in [2.75, 3.05) is 0 Å². The molecule has 0 saturated carbocycles. The number of nitrogens with zero attached hydrogens (tertiary/aromatic N) is 3. The SMILES string of the molecule is CC(C)(C)OC(=O)N1C2CCC1CC(Oc1ccc3ncnc(Cl)c3c1)C2. The molecule has 4 rings (SSSR count). The van der Waals surface area contributed by atoms with Crippen molar-refractivity contribution < 1.29 is 14.3 Å². The molecule has 2 fully saturated rings. The molecule has 1 amide bonds. The third kappa shape index (κ3) is 3.81. The lowest BCUT2D eigenvalue weighted by Gasteiger charge is -2.39. The molecule has 2 atom stereocenters. The van der Waals surface area contributed by atoms with Gasteiger partial charge in [-0.2, -0.15) is 0 Å². The molecule has 2 aromatic rings. The van der Waals surface area contributed by atoms with Crippen LogP contribution in [0.3, 0.4) is 0 Å². The van der Waals surface area contributed by atoms with Gasteiger partial charge >= 0.3 is 6.09 Å². The fourth-order valence-corrected chi connectivity index (χ4v) is 4.30. The van der Waals surface area contributed by atoms with Gasteiger partial charge in [-0.05, 0) is 51.8 Å². The molecule has 0 N–H and O–H groups in total. The van der Waals surface area contributed by atoms with Crippen molar-refractivity contribution in [2.24, 2.45) is 0 Å². The summed E-state index contributed by atoms with van der Waals surface area (Å²) in [6.45, 7) is 5.70. The first-order valence-corrected chi connectivity index (χ1v) is 9.76. The van der Waals surface area contributed by atoms with Crippen LogP contribution in [-0.2, 0) is 4.74 Å². The van der Waals surface area contributed by atoms with Crippen molar-refractivity contribution in [3.63, 3.8) is 0 Å². The summed E-state index contributed by atoms with van der Waals surface area (Å²) in [6.07, 6.45) is 4.95. The third-order valence-electron chi connectivity index (χ3n) is 5.16. The van der Waals surface area contributed by atoms with E-state index in [1.165, 1.54) is 6.33 Å². The molecule has 27 heavy (non-hydrogen) atoms. The number of hydrogen-bond donors (Lipinski definition) is 0. The largest absolute Gasteiger partial charge is 0.490 e. The van der Waals surface area contributed by atoms with Crippen LogP contribution in [-0.4, -0.2) is 44.7 Å². The standard InChI is InChI=1S/C20H24ClN3O3/c1-20(2,3)27-19(25)24-12-4-5-13(24)9-15(8-12)26-14-6-7-17-16(10-14)18(21)23-11-22-17/h6-7,10-13,15H,4-5,8-9H2,1-3H3. The molecular weight excluding hydrogens is 366 g/mol. The number of ether oxygens (including phenoxy) is 2. The lowest BCUT2D eigenvalue weighted by atomic mass is 10.00. The van der Waals surface area contributed by atoms with Gasteiger partial charge in [0.2, 0.25) is 0 Å². The number of carbonyl (C=O) groups excluding carboxylic acids is 1. The number of carbonyl (C=O) groups is 1. The van der Waals surface area contributed by atoms with Crippen molar-refractivity contribution in [3.8, 4) is 5.75 Å². The van der Waals surface area contributed by atoms with Gasteiger partial charge in [-0.3, -0.25) is 0 Å². The summed E-state index contributed by atoms with van der Waals surface area (Å²) in [5, 5.41) is 1.20. The van der Waals surface area contributed by atoms with E-state index < -0.39 is 5.60 Å². The summed E-state index contributed by atoms with van der Waals surface area (Å²) in [6, 6.07) is 6.04. The maximum atomic E-state index is 12.6. The highest BCUT2D eigenvalue weighted by Crippen LogP contribution is 2.38. The quantitative estimate of drug-likeness (QED) is 0.702. The van der Waals surface area contributed by atoms with Crippen molar-refractivity contribution in [1.82, 2.24) is 14.9 Å². The Morgan fingerprint density at radius 3 is 2.56 bits per heavy atom. The second-order valence-corrected chi connectivity index (χ2v) is 8.69. The van der Waals surface area contributed by atoms with Crippen LogP contribution >= 0.6 is 11.6 Å². The smallest absolute Gasteiger partial charge is 0.410 e. The van der Waals surface area contributed by atoms with Crippen LogP contribution < -0.4 is 4.74 Å². The molecule has 2 bridgehead atoms. The second kappa shape index (κ2) is 6.82. The molecule has 6 nitrogen and oxygen atoms in total. The zero-order valence-electron chi connectivity index (χ0n) is 15.8. The fourth-order valence-electron chi connectivity index (χ4n) is 4.11.